The molecule has 3 rings (SSSR count). The summed E-state index contributed by atoms with van der Waals surface area (Å²) < 4.78 is 11.4. The zero-order valence-electron chi connectivity index (χ0n) is 12.3. The fourth-order valence-electron chi connectivity index (χ4n) is 3.20. The van der Waals surface area contributed by atoms with Crippen molar-refractivity contribution in [1.29, 1.82) is 0 Å². The van der Waals surface area contributed by atoms with Gasteiger partial charge in [0, 0.05) is 12.5 Å². The van der Waals surface area contributed by atoms with Crippen molar-refractivity contribution in [2.45, 2.75) is 50.4 Å². The first-order chi connectivity index (χ1) is 10.3. The van der Waals surface area contributed by atoms with Gasteiger partial charge in [0.15, 0.2) is 0 Å². The van der Waals surface area contributed by atoms with Crippen molar-refractivity contribution in [3.05, 3.63) is 35.9 Å². The Morgan fingerprint density at radius 2 is 1.86 bits per heavy atom. The fraction of sp³-hybridized carbons (Fsp3) is 0.588. The van der Waals surface area contributed by atoms with Crippen molar-refractivity contribution in [1.82, 2.24) is 5.32 Å². The van der Waals surface area contributed by atoms with Gasteiger partial charge in [-0.05, 0) is 31.2 Å². The maximum Gasteiger partial charge on any atom is 0.220 e. The van der Waals surface area contributed by atoms with Gasteiger partial charge in [-0.15, -0.1) is 0 Å². The van der Waals surface area contributed by atoms with E-state index in [1.807, 2.05) is 18.2 Å². The standard InChI is InChI=1S/C17H23NO3/c19-17(9-6-13-4-2-1-3-5-13)18-14-7-8-15-16(12-14)21-11-10-20-15/h1-5,14-16H,6-12H2,(H,18,19). The van der Waals surface area contributed by atoms with Crippen LogP contribution in [-0.4, -0.2) is 37.4 Å². The predicted molar refractivity (Wildman–Crippen MR) is 80.0 cm³/mol. The molecule has 2 aliphatic rings. The Morgan fingerprint density at radius 1 is 1.10 bits per heavy atom. The minimum atomic E-state index is 0.138. The number of fused-ring (bicyclic) bond motifs is 1. The molecule has 1 aromatic rings. The number of aryl methyl sites for hydroxylation is 1. The number of nitrogens with one attached hydrogen (secondary N) is 1. The minimum Gasteiger partial charge on any atom is -0.373 e. The monoisotopic (exact) mass is 289 g/mol. The Bertz CT molecular complexity index is 462. The largest absolute Gasteiger partial charge is 0.373 e. The summed E-state index contributed by atoms with van der Waals surface area (Å²) in [6, 6.07) is 10.4. The maximum atomic E-state index is 12.1. The van der Waals surface area contributed by atoms with Gasteiger partial charge in [-0.2, -0.15) is 0 Å². The quantitative estimate of drug-likeness (QED) is 0.923. The van der Waals surface area contributed by atoms with Gasteiger partial charge in [-0.3, -0.25) is 4.79 Å². The van der Waals surface area contributed by atoms with E-state index in [1.165, 1.54) is 5.56 Å². The number of rotatable bonds is 4. The molecule has 1 aliphatic heterocycles. The van der Waals surface area contributed by atoms with E-state index in [9.17, 15) is 4.79 Å². The predicted octanol–water partition coefficient (Wildman–Crippen LogP) is 2.07. The highest BCUT2D eigenvalue weighted by molar-refractivity contribution is 5.76. The first-order valence-electron chi connectivity index (χ1n) is 7.88. The van der Waals surface area contributed by atoms with Crippen LogP contribution in [0.25, 0.3) is 0 Å². The highest BCUT2D eigenvalue weighted by Gasteiger charge is 2.34. The van der Waals surface area contributed by atoms with Gasteiger partial charge in [0.05, 0.1) is 25.4 Å². The molecule has 21 heavy (non-hydrogen) atoms. The molecule has 0 aromatic heterocycles. The number of hydrogen-bond acceptors (Lipinski definition) is 3. The van der Waals surface area contributed by atoms with Crippen LogP contribution in [0.2, 0.25) is 0 Å². The normalized spacial score (nSPS) is 28.7. The number of ether oxygens (including phenoxy) is 2. The number of carbonyl (C=O) groups excluding carboxylic acids is 1. The number of hydrogen-bond donors (Lipinski definition) is 1. The van der Waals surface area contributed by atoms with Crippen LogP contribution >= 0.6 is 0 Å². The Hall–Kier alpha value is -1.39. The lowest BCUT2D eigenvalue weighted by atomic mass is 9.89. The third-order valence-electron chi connectivity index (χ3n) is 4.33. The fourth-order valence-corrected chi connectivity index (χ4v) is 3.20. The Kier molecular flexibility index (Phi) is 4.88. The summed E-state index contributed by atoms with van der Waals surface area (Å²) in [6.07, 6.45) is 4.58. The third-order valence-corrected chi connectivity index (χ3v) is 4.33. The number of carbonyl (C=O) groups is 1. The van der Waals surface area contributed by atoms with Crippen LogP contribution in [0.1, 0.15) is 31.2 Å². The molecule has 114 valence electrons. The van der Waals surface area contributed by atoms with Crippen molar-refractivity contribution >= 4 is 5.91 Å². The summed E-state index contributed by atoms with van der Waals surface area (Å²) in [5.74, 6) is 0.138. The molecular weight excluding hydrogens is 266 g/mol. The second-order valence-electron chi connectivity index (χ2n) is 5.88. The highest BCUT2D eigenvalue weighted by atomic mass is 16.6. The molecule has 3 unspecified atom stereocenters. The van der Waals surface area contributed by atoms with Crippen LogP contribution < -0.4 is 5.32 Å². The Labute approximate surface area is 125 Å². The lowest BCUT2D eigenvalue weighted by Crippen LogP contribution is -2.49. The lowest BCUT2D eigenvalue weighted by molar-refractivity contribution is -0.158. The topological polar surface area (TPSA) is 47.6 Å². The average Bonchev–Trinajstić information content (AvgIpc) is 2.54. The first kappa shape index (κ1) is 14.5. The first-order valence-corrected chi connectivity index (χ1v) is 7.88. The van der Waals surface area contributed by atoms with E-state index in [-0.39, 0.29) is 24.2 Å². The summed E-state index contributed by atoms with van der Waals surface area (Å²) in [5, 5.41) is 3.15. The van der Waals surface area contributed by atoms with Crippen LogP contribution in [0, 0.1) is 0 Å². The smallest absolute Gasteiger partial charge is 0.220 e. The van der Waals surface area contributed by atoms with Gasteiger partial charge in [0.25, 0.3) is 0 Å². The average molecular weight is 289 g/mol. The molecule has 1 heterocycles. The van der Waals surface area contributed by atoms with Crippen LogP contribution in [0.15, 0.2) is 30.3 Å². The van der Waals surface area contributed by atoms with Gasteiger partial charge < -0.3 is 14.8 Å². The molecule has 4 nitrogen and oxygen atoms in total. The molecule has 1 saturated carbocycles. The van der Waals surface area contributed by atoms with Gasteiger partial charge in [0.1, 0.15) is 0 Å². The van der Waals surface area contributed by atoms with E-state index in [0.717, 1.165) is 25.7 Å². The molecular formula is C17H23NO3. The summed E-state index contributed by atoms with van der Waals surface area (Å²) in [7, 11) is 0. The van der Waals surface area contributed by atoms with Gasteiger partial charge in [0.2, 0.25) is 5.91 Å². The number of amides is 1. The molecule has 1 aromatic carbocycles. The van der Waals surface area contributed by atoms with E-state index in [0.29, 0.717) is 19.6 Å². The third kappa shape index (κ3) is 4.05. The molecule has 1 amide bonds. The van der Waals surface area contributed by atoms with Crippen LogP contribution in [0.4, 0.5) is 0 Å². The van der Waals surface area contributed by atoms with E-state index in [2.05, 4.69) is 17.4 Å². The van der Waals surface area contributed by atoms with Gasteiger partial charge in [-0.25, -0.2) is 0 Å². The van der Waals surface area contributed by atoms with Crippen molar-refractivity contribution in [2.24, 2.45) is 0 Å². The van der Waals surface area contributed by atoms with Gasteiger partial charge >= 0.3 is 0 Å². The van der Waals surface area contributed by atoms with E-state index in [4.69, 9.17) is 9.47 Å². The maximum absolute atomic E-state index is 12.1. The summed E-state index contributed by atoms with van der Waals surface area (Å²) in [4.78, 5) is 12.1. The van der Waals surface area contributed by atoms with E-state index >= 15 is 0 Å². The molecule has 0 bridgehead atoms. The highest BCUT2D eigenvalue weighted by Crippen LogP contribution is 2.26. The second kappa shape index (κ2) is 7.05. The molecule has 1 aliphatic carbocycles. The van der Waals surface area contributed by atoms with E-state index in [1.54, 1.807) is 0 Å². The van der Waals surface area contributed by atoms with Crippen molar-refractivity contribution in [2.75, 3.05) is 13.2 Å². The molecule has 1 N–H and O–H groups in total. The molecule has 1 saturated heterocycles. The summed E-state index contributed by atoms with van der Waals surface area (Å²) in [6.45, 7) is 1.38. The number of benzene rings is 1. The summed E-state index contributed by atoms with van der Waals surface area (Å²) >= 11 is 0. The van der Waals surface area contributed by atoms with Crippen LogP contribution in [-0.2, 0) is 20.7 Å². The van der Waals surface area contributed by atoms with Crippen molar-refractivity contribution in [3.8, 4) is 0 Å². The van der Waals surface area contributed by atoms with E-state index < -0.39 is 0 Å². The van der Waals surface area contributed by atoms with Crippen molar-refractivity contribution in [3.63, 3.8) is 0 Å². The minimum absolute atomic E-state index is 0.138. The van der Waals surface area contributed by atoms with Crippen molar-refractivity contribution < 1.29 is 14.3 Å². The SMILES string of the molecule is O=C(CCc1ccccc1)NC1CCC2OCCOC2C1. The zero-order chi connectivity index (χ0) is 14.5. The molecule has 3 atom stereocenters. The molecule has 0 radical (unpaired) electrons. The lowest BCUT2D eigenvalue weighted by Gasteiger charge is -2.39. The molecule has 4 heteroatoms. The molecule has 0 spiro atoms. The molecule has 2 fully saturated rings. The van der Waals surface area contributed by atoms with Crippen LogP contribution in [0.5, 0.6) is 0 Å². The Balaban J connectivity index is 1.42. The van der Waals surface area contributed by atoms with Gasteiger partial charge in [-0.1, -0.05) is 30.3 Å². The van der Waals surface area contributed by atoms with Crippen LogP contribution in [0.3, 0.4) is 0 Å². The zero-order valence-corrected chi connectivity index (χ0v) is 12.3. The summed E-state index contributed by atoms with van der Waals surface area (Å²) in [5.41, 5.74) is 1.21. The second-order valence-corrected chi connectivity index (χ2v) is 5.88. The Morgan fingerprint density at radius 3 is 2.67 bits per heavy atom.